The number of hydrogen-bond donors (Lipinski definition) is 0. The van der Waals surface area contributed by atoms with Crippen LogP contribution in [0.3, 0.4) is 0 Å². The van der Waals surface area contributed by atoms with E-state index in [4.69, 9.17) is 4.42 Å². The lowest BCUT2D eigenvalue weighted by atomic mass is 9.97. The van der Waals surface area contributed by atoms with Crippen molar-refractivity contribution < 1.29 is 14.1 Å². The molecule has 5 heteroatoms. The van der Waals surface area contributed by atoms with E-state index in [2.05, 4.69) is 6.92 Å². The predicted octanol–water partition coefficient (Wildman–Crippen LogP) is 5.04. The summed E-state index contributed by atoms with van der Waals surface area (Å²) in [5.41, 5.74) is 1.27. The first-order valence-electron chi connectivity index (χ1n) is 7.67. The minimum atomic E-state index is -0.413. The lowest BCUT2D eigenvalue weighted by molar-refractivity contribution is -0.383. The Labute approximate surface area is 133 Å². The molecule has 0 spiro atoms. The number of furan rings is 1. The molecule has 1 heterocycles. The Morgan fingerprint density at radius 1 is 1.26 bits per heavy atom. The number of nitro groups is 1. The summed E-state index contributed by atoms with van der Waals surface area (Å²) in [7, 11) is 0. The molecule has 0 aliphatic heterocycles. The maximum Gasteiger partial charge on any atom is 0.280 e. The van der Waals surface area contributed by atoms with Gasteiger partial charge < -0.3 is 4.42 Å². The third kappa shape index (κ3) is 2.48. The minimum absolute atomic E-state index is 0.000932. The highest BCUT2D eigenvalue weighted by molar-refractivity contribution is 6.14. The number of benzene rings is 2. The highest BCUT2D eigenvalue weighted by atomic mass is 16.6. The second-order valence-electron chi connectivity index (χ2n) is 5.64. The van der Waals surface area contributed by atoms with Gasteiger partial charge in [0.1, 0.15) is 5.58 Å². The zero-order valence-corrected chi connectivity index (χ0v) is 13.1. The largest absolute Gasteiger partial charge is 0.452 e. The van der Waals surface area contributed by atoms with E-state index in [-0.39, 0.29) is 11.5 Å². The third-order valence-corrected chi connectivity index (χ3v) is 4.07. The fourth-order valence-electron chi connectivity index (χ4n) is 3.04. The topological polar surface area (TPSA) is 73.3 Å². The van der Waals surface area contributed by atoms with Crippen LogP contribution in [0.15, 0.2) is 34.7 Å². The minimum Gasteiger partial charge on any atom is -0.452 e. The number of carbonyl (C=O) groups is 1. The van der Waals surface area contributed by atoms with Crippen LogP contribution in [-0.4, -0.2) is 10.7 Å². The third-order valence-electron chi connectivity index (χ3n) is 4.07. The van der Waals surface area contributed by atoms with Gasteiger partial charge in [-0.05, 0) is 24.3 Å². The number of nitrogens with zero attached hydrogens (tertiary/aromatic N) is 1. The number of unbranched alkanes of at least 4 members (excludes halogenated alkanes) is 1. The molecule has 0 aliphatic carbocycles. The van der Waals surface area contributed by atoms with Crippen molar-refractivity contribution in [2.75, 3.05) is 0 Å². The summed E-state index contributed by atoms with van der Waals surface area (Å²) < 4.78 is 5.70. The quantitative estimate of drug-likeness (QED) is 0.376. The van der Waals surface area contributed by atoms with Gasteiger partial charge in [-0.1, -0.05) is 31.5 Å². The molecule has 0 unspecified atom stereocenters. The van der Waals surface area contributed by atoms with Gasteiger partial charge in [-0.25, -0.2) is 0 Å². The molecular weight excluding hydrogens is 294 g/mol. The van der Waals surface area contributed by atoms with Crippen molar-refractivity contribution in [1.29, 1.82) is 0 Å². The Hall–Kier alpha value is -2.69. The zero-order valence-electron chi connectivity index (χ0n) is 13.1. The fourth-order valence-corrected chi connectivity index (χ4v) is 3.04. The molecular formula is C18H17NO4. The summed E-state index contributed by atoms with van der Waals surface area (Å²) >= 11 is 0. The first kappa shape index (κ1) is 15.2. The van der Waals surface area contributed by atoms with Crippen molar-refractivity contribution in [1.82, 2.24) is 0 Å². The van der Waals surface area contributed by atoms with E-state index in [1.807, 2.05) is 12.1 Å². The molecule has 0 amide bonds. The smallest absolute Gasteiger partial charge is 0.280 e. The number of rotatable bonds is 5. The number of aryl methyl sites for hydroxylation is 1. The summed E-state index contributed by atoms with van der Waals surface area (Å²) in [5, 5.41) is 13.5. The van der Waals surface area contributed by atoms with Crippen LogP contribution in [0.5, 0.6) is 0 Å². The van der Waals surface area contributed by atoms with Crippen molar-refractivity contribution in [3.8, 4) is 0 Å². The van der Waals surface area contributed by atoms with Crippen LogP contribution in [0, 0.1) is 10.1 Å². The molecule has 1 aromatic heterocycles. The van der Waals surface area contributed by atoms with Gasteiger partial charge in [0.15, 0.2) is 11.5 Å². The molecule has 23 heavy (non-hydrogen) atoms. The van der Waals surface area contributed by atoms with E-state index in [0.29, 0.717) is 16.7 Å². The number of ketones is 1. The van der Waals surface area contributed by atoms with Crippen molar-refractivity contribution in [2.45, 2.75) is 33.1 Å². The normalized spacial score (nSPS) is 11.2. The number of hydrogen-bond acceptors (Lipinski definition) is 4. The van der Waals surface area contributed by atoms with Gasteiger partial charge in [0.05, 0.1) is 16.4 Å². The highest BCUT2D eigenvalue weighted by Gasteiger charge is 2.23. The number of non-ortho nitro benzene ring substituents is 1. The van der Waals surface area contributed by atoms with Crippen molar-refractivity contribution in [2.24, 2.45) is 0 Å². The number of Topliss-reactive ketones (excluding diaryl/α,β-unsaturated/α-hetero) is 1. The van der Waals surface area contributed by atoms with Crippen LogP contribution in [-0.2, 0) is 6.42 Å². The number of fused-ring (bicyclic) bond motifs is 3. The molecule has 0 fully saturated rings. The fraction of sp³-hybridized carbons (Fsp3) is 0.278. The van der Waals surface area contributed by atoms with E-state index < -0.39 is 4.92 Å². The summed E-state index contributed by atoms with van der Waals surface area (Å²) in [6.45, 7) is 3.54. The lowest BCUT2D eigenvalue weighted by Crippen LogP contribution is -1.96. The van der Waals surface area contributed by atoms with E-state index in [9.17, 15) is 14.9 Å². The van der Waals surface area contributed by atoms with E-state index in [1.165, 1.54) is 13.0 Å². The molecule has 2 aromatic carbocycles. The van der Waals surface area contributed by atoms with Crippen LogP contribution in [0.1, 0.15) is 42.8 Å². The standard InChI is InChI=1S/C18H17NO4/c1-3-4-7-14-17-13-9-6-5-8-12(13)15(19(21)22)10-16(17)23-18(14)11(2)20/h5-6,8-10H,3-4,7H2,1-2H3. The summed E-state index contributed by atoms with van der Waals surface area (Å²) in [5.74, 6) is 0.165. The monoisotopic (exact) mass is 311 g/mol. The van der Waals surface area contributed by atoms with Gasteiger partial charge in [-0.15, -0.1) is 0 Å². The molecule has 3 aromatic rings. The molecule has 5 nitrogen and oxygen atoms in total. The van der Waals surface area contributed by atoms with Crippen LogP contribution >= 0.6 is 0 Å². The second-order valence-corrected chi connectivity index (χ2v) is 5.64. The Morgan fingerprint density at radius 2 is 1.96 bits per heavy atom. The Kier molecular flexibility index (Phi) is 3.86. The zero-order chi connectivity index (χ0) is 16.6. The second kappa shape index (κ2) is 5.83. The first-order valence-corrected chi connectivity index (χ1v) is 7.67. The van der Waals surface area contributed by atoms with Crippen LogP contribution in [0.4, 0.5) is 5.69 Å². The van der Waals surface area contributed by atoms with Crippen molar-refractivity contribution in [3.63, 3.8) is 0 Å². The summed E-state index contributed by atoms with van der Waals surface area (Å²) in [6, 6.07) is 8.63. The molecule has 118 valence electrons. The van der Waals surface area contributed by atoms with E-state index in [1.54, 1.807) is 12.1 Å². The lowest BCUT2D eigenvalue weighted by Gasteiger charge is -2.04. The van der Waals surface area contributed by atoms with Crippen LogP contribution in [0.2, 0.25) is 0 Å². The van der Waals surface area contributed by atoms with E-state index in [0.717, 1.165) is 35.6 Å². The van der Waals surface area contributed by atoms with Gasteiger partial charge in [-0.3, -0.25) is 14.9 Å². The maximum atomic E-state index is 11.9. The Morgan fingerprint density at radius 3 is 2.57 bits per heavy atom. The predicted molar refractivity (Wildman–Crippen MR) is 89.0 cm³/mol. The molecule has 0 atom stereocenters. The maximum absolute atomic E-state index is 11.9. The van der Waals surface area contributed by atoms with Crippen LogP contribution < -0.4 is 0 Å². The molecule has 0 saturated carbocycles. The van der Waals surface area contributed by atoms with Gasteiger partial charge in [-0.2, -0.15) is 0 Å². The van der Waals surface area contributed by atoms with Gasteiger partial charge in [0, 0.05) is 17.9 Å². The Balaban J connectivity index is 2.44. The SMILES string of the molecule is CCCCc1c(C(C)=O)oc2cc([N+](=O)[O-])c3ccccc3c12. The van der Waals surface area contributed by atoms with Crippen LogP contribution in [0.25, 0.3) is 21.7 Å². The van der Waals surface area contributed by atoms with Crippen molar-refractivity contribution >= 4 is 33.2 Å². The molecule has 0 radical (unpaired) electrons. The molecule has 3 rings (SSSR count). The average Bonchev–Trinajstić information content (AvgIpc) is 2.91. The Bertz CT molecular complexity index is 924. The molecule has 0 saturated heterocycles. The number of nitro benzene ring substituents is 1. The molecule has 0 bridgehead atoms. The molecule has 0 aliphatic rings. The summed E-state index contributed by atoms with van der Waals surface area (Å²) in [4.78, 5) is 22.9. The average molecular weight is 311 g/mol. The van der Waals surface area contributed by atoms with E-state index >= 15 is 0 Å². The number of carbonyl (C=O) groups excluding carboxylic acids is 1. The summed E-state index contributed by atoms with van der Waals surface area (Å²) in [6.07, 6.45) is 2.65. The van der Waals surface area contributed by atoms with Crippen molar-refractivity contribution in [3.05, 3.63) is 51.8 Å². The van der Waals surface area contributed by atoms with Gasteiger partial charge >= 0.3 is 0 Å². The molecule has 0 N–H and O–H groups in total. The van der Waals surface area contributed by atoms with Gasteiger partial charge in [0.25, 0.3) is 5.69 Å². The van der Waals surface area contributed by atoms with Gasteiger partial charge in [0.2, 0.25) is 0 Å². The first-order chi connectivity index (χ1) is 11.0. The highest BCUT2D eigenvalue weighted by Crippen LogP contribution is 2.38.